The minimum Gasteiger partial charge on any atom is -0.279 e. The highest BCUT2D eigenvalue weighted by Crippen LogP contribution is 2.31. The molecule has 3 nitrogen and oxygen atoms in total. The monoisotopic (exact) mass is 358 g/mol. The highest BCUT2D eigenvalue weighted by atomic mass is 32.1. The van der Waals surface area contributed by atoms with Gasteiger partial charge in [0.25, 0.3) is 5.91 Å². The molecule has 128 valence electrons. The fourth-order valence-corrected chi connectivity index (χ4v) is 3.93. The van der Waals surface area contributed by atoms with Crippen LogP contribution in [0.15, 0.2) is 78.9 Å². The van der Waals surface area contributed by atoms with Gasteiger partial charge in [-0.05, 0) is 42.3 Å². The van der Waals surface area contributed by atoms with Gasteiger partial charge in [-0.25, -0.2) is 4.98 Å². The second kappa shape index (κ2) is 7.10. The van der Waals surface area contributed by atoms with Crippen LogP contribution in [-0.4, -0.2) is 10.9 Å². The van der Waals surface area contributed by atoms with Gasteiger partial charge in [0, 0.05) is 5.56 Å². The zero-order valence-corrected chi connectivity index (χ0v) is 15.2. The van der Waals surface area contributed by atoms with Crippen LogP contribution in [0.5, 0.6) is 0 Å². The molecule has 1 heterocycles. The molecule has 0 aliphatic rings. The Bertz CT molecular complexity index is 1040. The van der Waals surface area contributed by atoms with E-state index in [4.69, 9.17) is 4.98 Å². The van der Waals surface area contributed by atoms with Crippen molar-refractivity contribution in [3.05, 3.63) is 95.6 Å². The van der Waals surface area contributed by atoms with E-state index in [0.717, 1.165) is 20.9 Å². The number of aromatic nitrogens is 1. The van der Waals surface area contributed by atoms with Crippen molar-refractivity contribution in [2.45, 2.75) is 13.5 Å². The second-order valence-electron chi connectivity index (χ2n) is 6.21. The fraction of sp³-hybridized carbons (Fsp3) is 0.0909. The van der Waals surface area contributed by atoms with E-state index >= 15 is 0 Å². The minimum atomic E-state index is -0.0368. The predicted octanol–water partition coefficient (Wildman–Crippen LogP) is 5.45. The first-order valence-electron chi connectivity index (χ1n) is 8.49. The number of aryl methyl sites for hydroxylation is 1. The molecular formula is C22H18N2OS. The van der Waals surface area contributed by atoms with E-state index < -0.39 is 0 Å². The third kappa shape index (κ3) is 3.37. The second-order valence-corrected chi connectivity index (χ2v) is 7.22. The standard InChI is InChI=1S/C22H18N2OS/c1-16-12-13-19-20(14-16)26-22(23-19)24(15-17-8-4-2-5-9-17)21(25)18-10-6-3-7-11-18/h2-14H,15H2,1H3. The number of hydrogen-bond acceptors (Lipinski definition) is 3. The summed E-state index contributed by atoms with van der Waals surface area (Å²) in [6.07, 6.45) is 0. The molecule has 0 aliphatic heterocycles. The Balaban J connectivity index is 1.77. The first kappa shape index (κ1) is 16.5. The lowest BCUT2D eigenvalue weighted by Crippen LogP contribution is -2.30. The molecule has 0 radical (unpaired) electrons. The van der Waals surface area contributed by atoms with Crippen molar-refractivity contribution in [2.24, 2.45) is 0 Å². The van der Waals surface area contributed by atoms with E-state index in [-0.39, 0.29) is 5.91 Å². The lowest BCUT2D eigenvalue weighted by molar-refractivity contribution is 0.0985. The Morgan fingerprint density at radius 2 is 1.65 bits per heavy atom. The number of hydrogen-bond donors (Lipinski definition) is 0. The van der Waals surface area contributed by atoms with Gasteiger partial charge in [0.2, 0.25) is 0 Å². The van der Waals surface area contributed by atoms with Crippen LogP contribution >= 0.6 is 11.3 Å². The number of fused-ring (bicyclic) bond motifs is 1. The van der Waals surface area contributed by atoms with E-state index in [0.29, 0.717) is 12.1 Å². The van der Waals surface area contributed by atoms with Gasteiger partial charge in [0.1, 0.15) is 0 Å². The topological polar surface area (TPSA) is 33.2 Å². The third-order valence-electron chi connectivity index (χ3n) is 4.21. The molecule has 26 heavy (non-hydrogen) atoms. The summed E-state index contributed by atoms with van der Waals surface area (Å²) in [7, 11) is 0. The molecule has 0 aliphatic carbocycles. The molecule has 0 fully saturated rings. The number of benzene rings is 3. The number of anilines is 1. The molecule has 4 aromatic rings. The van der Waals surface area contributed by atoms with E-state index in [9.17, 15) is 4.79 Å². The van der Waals surface area contributed by atoms with Crippen LogP contribution in [0, 0.1) is 6.92 Å². The van der Waals surface area contributed by atoms with E-state index in [2.05, 4.69) is 13.0 Å². The number of carbonyl (C=O) groups excluding carboxylic acids is 1. The molecular weight excluding hydrogens is 340 g/mol. The molecule has 1 aromatic heterocycles. The van der Waals surface area contributed by atoms with Crippen molar-refractivity contribution in [3.63, 3.8) is 0 Å². The van der Waals surface area contributed by atoms with Crippen LogP contribution < -0.4 is 4.90 Å². The van der Waals surface area contributed by atoms with Crippen LogP contribution in [0.4, 0.5) is 5.13 Å². The Kier molecular flexibility index (Phi) is 4.50. The molecule has 0 bridgehead atoms. The summed E-state index contributed by atoms with van der Waals surface area (Å²) in [5, 5.41) is 0.725. The molecule has 0 atom stereocenters. The summed E-state index contributed by atoms with van der Waals surface area (Å²) in [6.45, 7) is 2.56. The molecule has 0 unspecified atom stereocenters. The van der Waals surface area contributed by atoms with Gasteiger partial charge in [-0.1, -0.05) is 65.9 Å². The number of amides is 1. The van der Waals surface area contributed by atoms with Crippen molar-refractivity contribution >= 4 is 32.6 Å². The Morgan fingerprint density at radius 3 is 2.38 bits per heavy atom. The van der Waals surface area contributed by atoms with Gasteiger partial charge in [0.05, 0.1) is 16.8 Å². The average molecular weight is 358 g/mol. The van der Waals surface area contributed by atoms with Crippen LogP contribution in [0.25, 0.3) is 10.2 Å². The van der Waals surface area contributed by atoms with Crippen molar-refractivity contribution in [2.75, 3.05) is 4.90 Å². The summed E-state index contributed by atoms with van der Waals surface area (Å²) in [5.41, 5.74) is 3.86. The Morgan fingerprint density at radius 1 is 0.962 bits per heavy atom. The van der Waals surface area contributed by atoms with Gasteiger partial charge < -0.3 is 0 Å². The SMILES string of the molecule is Cc1ccc2nc(N(Cc3ccccc3)C(=O)c3ccccc3)sc2c1. The summed E-state index contributed by atoms with van der Waals surface area (Å²) in [5.74, 6) is -0.0368. The van der Waals surface area contributed by atoms with Crippen molar-refractivity contribution in [1.82, 2.24) is 4.98 Å². The van der Waals surface area contributed by atoms with E-state index in [1.54, 1.807) is 16.2 Å². The molecule has 0 spiro atoms. The van der Waals surface area contributed by atoms with Crippen LogP contribution in [0.2, 0.25) is 0 Å². The van der Waals surface area contributed by atoms with Gasteiger partial charge >= 0.3 is 0 Å². The molecule has 3 aromatic carbocycles. The van der Waals surface area contributed by atoms with E-state index in [1.807, 2.05) is 72.8 Å². The predicted molar refractivity (Wildman–Crippen MR) is 108 cm³/mol. The number of thiazole rings is 1. The van der Waals surface area contributed by atoms with Gasteiger partial charge in [-0.3, -0.25) is 9.69 Å². The quantitative estimate of drug-likeness (QED) is 0.486. The van der Waals surface area contributed by atoms with Crippen molar-refractivity contribution in [3.8, 4) is 0 Å². The fourth-order valence-electron chi connectivity index (χ4n) is 2.86. The van der Waals surface area contributed by atoms with Crippen molar-refractivity contribution in [1.29, 1.82) is 0 Å². The third-order valence-corrected chi connectivity index (χ3v) is 5.25. The first-order valence-corrected chi connectivity index (χ1v) is 9.30. The lowest BCUT2D eigenvalue weighted by atomic mass is 10.1. The molecule has 1 amide bonds. The largest absolute Gasteiger partial charge is 0.279 e. The maximum absolute atomic E-state index is 13.2. The molecule has 0 saturated heterocycles. The smallest absolute Gasteiger partial charge is 0.260 e. The van der Waals surface area contributed by atoms with Gasteiger partial charge in [-0.15, -0.1) is 0 Å². The zero-order valence-electron chi connectivity index (χ0n) is 14.4. The van der Waals surface area contributed by atoms with E-state index in [1.165, 1.54) is 5.56 Å². The van der Waals surface area contributed by atoms with Crippen molar-refractivity contribution < 1.29 is 4.79 Å². The average Bonchev–Trinajstić information content (AvgIpc) is 3.10. The zero-order chi connectivity index (χ0) is 17.9. The maximum Gasteiger partial charge on any atom is 0.260 e. The highest BCUT2D eigenvalue weighted by molar-refractivity contribution is 7.22. The maximum atomic E-state index is 13.2. The first-order chi connectivity index (χ1) is 12.7. The van der Waals surface area contributed by atoms with Crippen LogP contribution in [0.3, 0.4) is 0 Å². The van der Waals surface area contributed by atoms with Crippen LogP contribution in [0.1, 0.15) is 21.5 Å². The van der Waals surface area contributed by atoms with Gasteiger partial charge in [0.15, 0.2) is 5.13 Å². The normalized spacial score (nSPS) is 10.8. The Labute approximate surface area is 156 Å². The Hall–Kier alpha value is -2.98. The molecule has 4 heteroatoms. The summed E-state index contributed by atoms with van der Waals surface area (Å²) < 4.78 is 1.10. The summed E-state index contributed by atoms with van der Waals surface area (Å²) in [4.78, 5) is 19.7. The van der Waals surface area contributed by atoms with Gasteiger partial charge in [-0.2, -0.15) is 0 Å². The summed E-state index contributed by atoms with van der Waals surface area (Å²) >= 11 is 1.56. The minimum absolute atomic E-state index is 0.0368. The molecule has 0 saturated carbocycles. The number of nitrogens with zero attached hydrogens (tertiary/aromatic N) is 2. The van der Waals surface area contributed by atoms with Crippen LogP contribution in [-0.2, 0) is 6.54 Å². The lowest BCUT2D eigenvalue weighted by Gasteiger charge is -2.20. The number of carbonyl (C=O) groups is 1. The molecule has 0 N–H and O–H groups in total. The highest BCUT2D eigenvalue weighted by Gasteiger charge is 2.21. The summed E-state index contributed by atoms with van der Waals surface area (Å²) in [6, 6.07) is 25.6. The number of rotatable bonds is 4. The molecule has 4 rings (SSSR count).